The molecule has 3 aromatic rings. The number of halogens is 1. The van der Waals surface area contributed by atoms with Crippen LogP contribution in [0.2, 0.25) is 0 Å². The molecular formula is C61H93FN8O15. The number of esters is 1. The number of nitrogen functional groups attached to an aromatic ring is 1. The Bertz CT molecular complexity index is 2690. The fourth-order valence-electron chi connectivity index (χ4n) is 14.4. The highest BCUT2D eigenvalue weighted by Gasteiger charge is 2.62. The number of hydrogen-bond donors (Lipinski definition) is 3. The van der Waals surface area contributed by atoms with Gasteiger partial charge in [-0.05, 0) is 78.0 Å². The number of methoxy groups -OCH3 is 3. The van der Waals surface area contributed by atoms with Gasteiger partial charge in [-0.3, -0.25) is 14.5 Å². The summed E-state index contributed by atoms with van der Waals surface area (Å²) in [6, 6.07) is 5.27. The number of ether oxygens (including phenoxy) is 10. The Morgan fingerprint density at radius 2 is 1.61 bits per heavy atom. The summed E-state index contributed by atoms with van der Waals surface area (Å²) in [6.45, 7) is 19.0. The van der Waals surface area contributed by atoms with Crippen LogP contribution < -0.4 is 5.73 Å². The van der Waals surface area contributed by atoms with Crippen LogP contribution in [0.25, 0.3) is 11.1 Å². The lowest BCUT2D eigenvalue weighted by molar-refractivity contribution is -0.305. The molecule has 0 spiro atoms. The number of ketones is 1. The first-order valence-electron chi connectivity index (χ1n) is 30.1. The van der Waals surface area contributed by atoms with Crippen molar-refractivity contribution in [3.05, 3.63) is 54.1 Å². The Morgan fingerprint density at radius 3 is 2.24 bits per heavy atom. The fourth-order valence-corrected chi connectivity index (χ4v) is 14.4. The van der Waals surface area contributed by atoms with Crippen molar-refractivity contribution in [3.8, 4) is 11.1 Å². The number of carbonyl (C=O) groups is 3. The quantitative estimate of drug-likeness (QED) is 0.128. The van der Waals surface area contributed by atoms with Crippen molar-refractivity contribution >= 4 is 23.8 Å². The van der Waals surface area contributed by atoms with E-state index in [0.717, 1.165) is 16.7 Å². The van der Waals surface area contributed by atoms with Crippen LogP contribution in [0, 0.1) is 29.6 Å². The first-order valence-corrected chi connectivity index (χ1v) is 30.1. The van der Waals surface area contributed by atoms with Crippen LogP contribution in [0.4, 0.5) is 15.1 Å². The predicted octanol–water partition coefficient (Wildman–Crippen LogP) is 5.74. The summed E-state index contributed by atoms with van der Waals surface area (Å²) in [6.07, 6.45) is -2.95. The highest BCUT2D eigenvalue weighted by atomic mass is 19.1. The lowest BCUT2D eigenvalue weighted by Gasteiger charge is -2.52. The molecule has 1 amide bonds. The molecule has 474 valence electrons. The highest BCUT2D eigenvalue weighted by molar-refractivity contribution is 5.85. The monoisotopic (exact) mass is 1200 g/mol. The number of rotatable bonds is 18. The van der Waals surface area contributed by atoms with Crippen molar-refractivity contribution in [2.75, 3.05) is 73.7 Å². The summed E-state index contributed by atoms with van der Waals surface area (Å²) in [7, 11) is 6.51. The maximum atomic E-state index is 15.3. The molecule has 0 bridgehead atoms. The van der Waals surface area contributed by atoms with Crippen LogP contribution >= 0.6 is 0 Å². The van der Waals surface area contributed by atoms with E-state index in [9.17, 15) is 15.0 Å². The molecule has 85 heavy (non-hydrogen) atoms. The molecule has 5 fully saturated rings. The maximum Gasteiger partial charge on any atom is 0.411 e. The molecule has 5 aliphatic heterocycles. The lowest BCUT2D eigenvalue weighted by Crippen LogP contribution is -2.63. The normalized spacial score (nSPS) is 37.9. The summed E-state index contributed by atoms with van der Waals surface area (Å²) in [5.74, 6) is -4.57. The van der Waals surface area contributed by atoms with Crippen LogP contribution in [0.15, 0.2) is 42.9 Å². The number of likely N-dealkylation sites (N-methyl/N-ethyl adjacent to an activating group) is 1. The second kappa shape index (κ2) is 27.7. The number of aliphatic hydroxyl groups excluding tert-OH is 2. The molecule has 1 aromatic carbocycles. The SMILES string of the molecule is CC[C@H]1OC(=O)[C@H](C)C([C@H]2C[C@@](C)(OC)[C@@H](O)[C@H](C)O2)[C@H](C)[C@@H](O[C@@H]2O[C@H](C)C[C@H](N(C)CCc3cn([C@H](CF)[C@H](OC)c4ccc(-c5cnc(N)nc5)cc4)nn3)[C@H]2O)[C@](C)(OC)C[C@@H](C)C(=O)[C@H](C)[C@H]2N(CC3COCCO3)C(=O)O[C@]12C. The Hall–Kier alpha value is -4.86. The van der Waals surface area contributed by atoms with Gasteiger partial charge in [-0.25, -0.2) is 23.8 Å². The Kier molecular flexibility index (Phi) is 21.5. The van der Waals surface area contributed by atoms with Crippen molar-refractivity contribution in [2.45, 2.75) is 197 Å². The van der Waals surface area contributed by atoms with Crippen LogP contribution in [0.3, 0.4) is 0 Å². The molecule has 5 aliphatic rings. The Morgan fingerprint density at radius 1 is 0.918 bits per heavy atom. The summed E-state index contributed by atoms with van der Waals surface area (Å²) in [5.41, 5.74) is 4.74. The molecule has 5 saturated heterocycles. The molecular weight excluding hydrogens is 1100 g/mol. The van der Waals surface area contributed by atoms with E-state index in [2.05, 4.69) is 20.3 Å². The van der Waals surface area contributed by atoms with Gasteiger partial charge in [-0.15, -0.1) is 5.10 Å². The number of aliphatic hydroxyl groups is 2. The van der Waals surface area contributed by atoms with E-state index in [1.807, 2.05) is 77.8 Å². The van der Waals surface area contributed by atoms with E-state index in [0.29, 0.717) is 38.3 Å². The molecule has 21 atom stereocenters. The van der Waals surface area contributed by atoms with Gasteiger partial charge in [0.25, 0.3) is 0 Å². The van der Waals surface area contributed by atoms with Crippen molar-refractivity contribution in [2.24, 2.45) is 29.6 Å². The third-order valence-corrected chi connectivity index (χ3v) is 19.3. The number of amides is 1. The maximum absolute atomic E-state index is 15.3. The summed E-state index contributed by atoms with van der Waals surface area (Å²) < 4.78 is 80.3. The number of cyclic esters (lactones) is 1. The Labute approximate surface area is 499 Å². The summed E-state index contributed by atoms with van der Waals surface area (Å²) >= 11 is 0. The van der Waals surface area contributed by atoms with Crippen molar-refractivity contribution in [1.29, 1.82) is 0 Å². The minimum absolute atomic E-state index is 0.0792. The zero-order valence-electron chi connectivity index (χ0n) is 52.0. The average Bonchev–Trinajstić information content (AvgIpc) is 1.85. The zero-order valence-corrected chi connectivity index (χ0v) is 52.0. The van der Waals surface area contributed by atoms with Crippen LogP contribution in [0.1, 0.15) is 118 Å². The largest absolute Gasteiger partial charge is 0.458 e. The van der Waals surface area contributed by atoms with E-state index in [1.54, 1.807) is 53.4 Å². The molecule has 8 rings (SSSR count). The minimum Gasteiger partial charge on any atom is -0.458 e. The van der Waals surface area contributed by atoms with Crippen LogP contribution in [0.5, 0.6) is 0 Å². The number of nitrogens with two attached hydrogens (primary N) is 1. The van der Waals surface area contributed by atoms with Gasteiger partial charge < -0.3 is 68.2 Å². The number of anilines is 1. The van der Waals surface area contributed by atoms with Gasteiger partial charge in [0.2, 0.25) is 5.95 Å². The highest BCUT2D eigenvalue weighted by Crippen LogP contribution is 2.48. The molecule has 7 heterocycles. The standard InChI is InChI=1S/C61H93FN8O15/c1-15-47-61(10)52(69(58(75)85-61)31-43-32-79-22-23-80-43)37(6)49(71)33(2)25-60(9,78-14)54(35(4)48(36(5)55(74)83-47)46-26-59(8,77-13)53(73)38(7)82-46)84-56-50(72)44(24-34(3)81-56)68(11)21-20-42-30-70(67-66-42)45(27-62)51(76-12)40-18-16-39(17-19-40)41-28-64-57(63)65-29-41/h16-19,28-30,33-38,43-48,50-54,56,72-73H,15,20-27,31-32H2,1-14H3,(H2,63,64,65)/t33-,34-,35+,36-,37+,38+,43?,44+,45-,46-,47-,48?,50-,51-,52-,53+,54-,56+,59-,60-,61-/m1/s1. The number of aromatic nitrogens is 5. The number of nitrogens with zero attached hydrogens (tertiary/aromatic N) is 7. The topological polar surface area (TPSA) is 273 Å². The van der Waals surface area contributed by atoms with Gasteiger partial charge in [0.15, 0.2) is 11.9 Å². The summed E-state index contributed by atoms with van der Waals surface area (Å²) in [4.78, 5) is 56.5. The first-order chi connectivity index (χ1) is 40.3. The molecule has 24 heteroatoms. The third-order valence-electron chi connectivity index (χ3n) is 19.3. The summed E-state index contributed by atoms with van der Waals surface area (Å²) in [5, 5.41) is 32.9. The van der Waals surface area contributed by atoms with E-state index in [-0.39, 0.29) is 44.1 Å². The van der Waals surface area contributed by atoms with Crippen LogP contribution in [-0.4, -0.2) is 215 Å². The second-order valence-electron chi connectivity index (χ2n) is 25.0. The number of hydrogen-bond acceptors (Lipinski definition) is 21. The van der Waals surface area contributed by atoms with Gasteiger partial charge in [0, 0.05) is 88.7 Å². The van der Waals surface area contributed by atoms with Gasteiger partial charge in [0.1, 0.15) is 42.9 Å². The van der Waals surface area contributed by atoms with Gasteiger partial charge in [-0.2, -0.15) is 0 Å². The molecule has 0 aliphatic carbocycles. The van der Waals surface area contributed by atoms with Gasteiger partial charge >= 0.3 is 12.1 Å². The molecule has 23 nitrogen and oxygen atoms in total. The predicted molar refractivity (Wildman–Crippen MR) is 308 cm³/mol. The lowest BCUT2D eigenvalue weighted by atomic mass is 9.67. The average molecular weight is 1200 g/mol. The molecule has 0 radical (unpaired) electrons. The number of fused-ring (bicyclic) bond motifs is 1. The van der Waals surface area contributed by atoms with E-state index < -0.39 is 144 Å². The van der Waals surface area contributed by atoms with Gasteiger partial charge in [0.05, 0.1) is 85.7 Å². The molecule has 4 N–H and O–H groups in total. The third kappa shape index (κ3) is 13.9. The van der Waals surface area contributed by atoms with E-state index in [1.165, 1.54) is 23.8 Å². The molecule has 0 saturated carbocycles. The van der Waals surface area contributed by atoms with Crippen molar-refractivity contribution in [3.63, 3.8) is 0 Å². The van der Waals surface area contributed by atoms with Crippen molar-refractivity contribution in [1.82, 2.24) is 34.8 Å². The smallest absolute Gasteiger partial charge is 0.411 e. The number of carbonyl (C=O) groups excluding carboxylic acids is 3. The van der Waals surface area contributed by atoms with E-state index in [4.69, 9.17) is 53.1 Å². The number of Topliss-reactive ketones (excluding diaryl/α,β-unsaturated/α-hetero) is 1. The fraction of sp³-hybridized carbons (Fsp3) is 0.754. The number of benzene rings is 1. The van der Waals surface area contributed by atoms with E-state index >= 15 is 14.0 Å². The first kappa shape index (κ1) is 66.1. The number of alkyl halides is 1. The minimum atomic E-state index is -1.48. The Balaban J connectivity index is 1.08. The molecule has 2 aromatic heterocycles. The van der Waals surface area contributed by atoms with Crippen LogP contribution in [-0.2, 0) is 63.4 Å². The molecule has 2 unspecified atom stereocenters. The van der Waals surface area contributed by atoms with Gasteiger partial charge in [-0.1, -0.05) is 64.1 Å². The van der Waals surface area contributed by atoms with Crippen molar-refractivity contribution < 1.29 is 76.4 Å². The zero-order chi connectivity index (χ0) is 61.9. The second-order valence-corrected chi connectivity index (χ2v) is 25.0.